The van der Waals surface area contributed by atoms with Crippen LogP contribution < -0.4 is 0 Å². The molecule has 2 aliphatic rings. The highest BCUT2D eigenvalue weighted by Crippen LogP contribution is 2.41. The van der Waals surface area contributed by atoms with E-state index in [2.05, 4.69) is 161 Å². The molecule has 5 aromatic carbocycles. The molecule has 2 aromatic heterocycles. The van der Waals surface area contributed by atoms with Crippen molar-refractivity contribution >= 4 is 44.4 Å². The Kier molecular flexibility index (Phi) is 6.49. The van der Waals surface area contributed by atoms with Gasteiger partial charge in [0.2, 0.25) is 0 Å². The van der Waals surface area contributed by atoms with Gasteiger partial charge in [0, 0.05) is 50.2 Å². The van der Waals surface area contributed by atoms with Gasteiger partial charge in [-0.05, 0) is 66.8 Å². The molecule has 2 aliphatic carbocycles. The van der Waals surface area contributed by atoms with Gasteiger partial charge in [0.25, 0.3) is 0 Å². The van der Waals surface area contributed by atoms with E-state index >= 15 is 0 Å². The van der Waals surface area contributed by atoms with Crippen molar-refractivity contribution in [2.45, 2.75) is 25.2 Å². The lowest BCUT2D eigenvalue weighted by atomic mass is 9.85. The first-order valence-corrected chi connectivity index (χ1v) is 16.5. The molecule has 4 nitrogen and oxygen atoms in total. The summed E-state index contributed by atoms with van der Waals surface area (Å²) in [5.74, 6) is 0.121. The van der Waals surface area contributed by atoms with Gasteiger partial charge in [-0.2, -0.15) is 10.5 Å². The number of rotatable bonds is 4. The molecule has 4 heteroatoms. The zero-order valence-corrected chi connectivity index (χ0v) is 26.3. The lowest BCUT2D eigenvalue weighted by molar-refractivity contribution is 0.822. The van der Waals surface area contributed by atoms with Crippen LogP contribution in [0.3, 0.4) is 0 Å². The van der Waals surface area contributed by atoms with Crippen LogP contribution in [0.15, 0.2) is 139 Å². The molecule has 0 bridgehead atoms. The van der Waals surface area contributed by atoms with E-state index in [0.717, 1.165) is 63.8 Å². The first-order chi connectivity index (χ1) is 23.7. The molecule has 0 saturated heterocycles. The molecule has 226 valence electrons. The fourth-order valence-corrected chi connectivity index (χ4v) is 7.94. The predicted molar refractivity (Wildman–Crippen MR) is 195 cm³/mol. The Morgan fingerprint density at radius 2 is 1.25 bits per heavy atom. The second-order valence-corrected chi connectivity index (χ2v) is 12.6. The topological polar surface area (TPSA) is 57.4 Å². The van der Waals surface area contributed by atoms with Crippen molar-refractivity contribution < 1.29 is 0 Å². The molecule has 9 rings (SSSR count). The molecule has 0 aliphatic heterocycles. The number of hydrogen-bond acceptors (Lipinski definition) is 2. The number of benzene rings is 5. The maximum absolute atomic E-state index is 10.7. The highest BCUT2D eigenvalue weighted by atomic mass is 15.0. The molecule has 0 N–H and O–H groups in total. The molecule has 2 heterocycles. The van der Waals surface area contributed by atoms with Crippen LogP contribution in [0.25, 0.3) is 55.7 Å². The second kappa shape index (κ2) is 11.2. The van der Waals surface area contributed by atoms with Crippen LogP contribution >= 0.6 is 0 Å². The van der Waals surface area contributed by atoms with E-state index in [4.69, 9.17) is 0 Å². The molecule has 0 spiro atoms. The third kappa shape index (κ3) is 4.20. The molecular weight excluding hydrogens is 585 g/mol. The zero-order valence-electron chi connectivity index (χ0n) is 26.3. The first kappa shape index (κ1) is 27.9. The van der Waals surface area contributed by atoms with Gasteiger partial charge >= 0.3 is 0 Å². The molecule has 0 fully saturated rings. The number of aromatic nitrogens is 2. The second-order valence-electron chi connectivity index (χ2n) is 12.6. The van der Waals surface area contributed by atoms with Crippen molar-refractivity contribution in [3.05, 3.63) is 167 Å². The fraction of sp³-hybridized carbons (Fsp3) is 0.0909. The Morgan fingerprint density at radius 3 is 1.98 bits per heavy atom. The van der Waals surface area contributed by atoms with E-state index in [1.165, 1.54) is 33.1 Å². The van der Waals surface area contributed by atoms with Crippen molar-refractivity contribution in [2.24, 2.45) is 0 Å². The summed E-state index contributed by atoms with van der Waals surface area (Å²) in [6.45, 7) is 0. The Labute approximate surface area is 279 Å². The number of para-hydroxylation sites is 4. The van der Waals surface area contributed by atoms with Crippen LogP contribution in [0.1, 0.15) is 46.7 Å². The average Bonchev–Trinajstić information content (AvgIpc) is 3.67. The van der Waals surface area contributed by atoms with Crippen LogP contribution in [0.2, 0.25) is 0 Å². The summed E-state index contributed by atoms with van der Waals surface area (Å²) < 4.78 is 4.65. The standard InChI is InChI=1S/C44H30N4/c45-27-29-23-24-44-37(25-29)36-16-4-8-21-42(36)47(44)39-18-5-1-13-33(39)31-12-9-11-30(26-31)32-17-10-22-43(38(32)28-46)48-40-19-6-2-14-34(40)35-15-3-7-20-41(35)48/h1-11,13-22,25-26,31H,12,23-24H2. The number of allylic oxidation sites excluding steroid dienone is 5. The third-order valence-corrected chi connectivity index (χ3v) is 10.0. The summed E-state index contributed by atoms with van der Waals surface area (Å²) in [6.07, 6.45) is 11.3. The minimum atomic E-state index is 0.121. The van der Waals surface area contributed by atoms with Crippen LogP contribution in [0, 0.1) is 22.7 Å². The Hall–Kier alpha value is -6.36. The van der Waals surface area contributed by atoms with E-state index in [1.807, 2.05) is 0 Å². The number of nitrogens with zero attached hydrogens (tertiary/aromatic N) is 4. The molecule has 48 heavy (non-hydrogen) atoms. The van der Waals surface area contributed by atoms with Gasteiger partial charge in [0.05, 0.1) is 33.9 Å². The molecule has 1 atom stereocenters. The molecule has 7 aromatic rings. The minimum Gasteiger partial charge on any atom is -0.313 e. The van der Waals surface area contributed by atoms with Crippen molar-refractivity contribution in [3.63, 3.8) is 0 Å². The lowest BCUT2D eigenvalue weighted by Crippen LogP contribution is -2.10. The largest absolute Gasteiger partial charge is 0.313 e. The summed E-state index contributed by atoms with van der Waals surface area (Å²) in [7, 11) is 0. The first-order valence-electron chi connectivity index (χ1n) is 16.5. The van der Waals surface area contributed by atoms with E-state index in [-0.39, 0.29) is 5.92 Å². The van der Waals surface area contributed by atoms with Crippen molar-refractivity contribution in [1.29, 1.82) is 10.5 Å². The Morgan fingerprint density at radius 1 is 0.604 bits per heavy atom. The summed E-state index contributed by atoms with van der Waals surface area (Å²) in [5.41, 5.74) is 12.5. The third-order valence-electron chi connectivity index (χ3n) is 10.0. The summed E-state index contributed by atoms with van der Waals surface area (Å²) in [5, 5.41) is 23.9. The Balaban J connectivity index is 1.20. The molecule has 0 saturated carbocycles. The molecule has 0 radical (unpaired) electrons. The van der Waals surface area contributed by atoms with Crippen LogP contribution in [0.4, 0.5) is 0 Å². The minimum absolute atomic E-state index is 0.121. The van der Waals surface area contributed by atoms with Gasteiger partial charge in [-0.25, -0.2) is 0 Å². The molecule has 1 unspecified atom stereocenters. The van der Waals surface area contributed by atoms with E-state index < -0.39 is 0 Å². The molecular formula is C44H30N4. The maximum atomic E-state index is 10.7. The highest BCUT2D eigenvalue weighted by Gasteiger charge is 2.25. The quantitative estimate of drug-likeness (QED) is 0.198. The maximum Gasteiger partial charge on any atom is 0.102 e. The van der Waals surface area contributed by atoms with Crippen LogP contribution in [-0.2, 0) is 6.42 Å². The van der Waals surface area contributed by atoms with E-state index in [0.29, 0.717) is 5.56 Å². The normalized spacial score (nSPS) is 15.6. The summed E-state index contributed by atoms with van der Waals surface area (Å²) >= 11 is 0. The van der Waals surface area contributed by atoms with E-state index in [9.17, 15) is 10.5 Å². The van der Waals surface area contributed by atoms with Gasteiger partial charge < -0.3 is 9.13 Å². The molecule has 0 amide bonds. The van der Waals surface area contributed by atoms with Crippen molar-refractivity contribution in [2.75, 3.05) is 0 Å². The van der Waals surface area contributed by atoms with Gasteiger partial charge in [-0.15, -0.1) is 0 Å². The SMILES string of the molecule is N#CC1=Cc2c(n(-c3ccccc3C3C=C(c4cccc(-n5c6ccccc6c6ccccc65)c4C#N)C=CC3)c3ccccc23)CC1. The summed E-state index contributed by atoms with van der Waals surface area (Å²) in [4.78, 5) is 0. The number of nitriles is 2. The van der Waals surface area contributed by atoms with Crippen molar-refractivity contribution in [3.8, 4) is 23.5 Å². The van der Waals surface area contributed by atoms with Gasteiger partial charge in [0.15, 0.2) is 0 Å². The smallest absolute Gasteiger partial charge is 0.102 e. The number of fused-ring (bicyclic) bond motifs is 6. The van der Waals surface area contributed by atoms with Crippen LogP contribution in [-0.4, -0.2) is 9.13 Å². The zero-order chi connectivity index (χ0) is 32.2. The number of hydrogen-bond donors (Lipinski definition) is 0. The lowest BCUT2D eigenvalue weighted by Gasteiger charge is -2.24. The van der Waals surface area contributed by atoms with Gasteiger partial charge in [-0.1, -0.05) is 103 Å². The van der Waals surface area contributed by atoms with Crippen molar-refractivity contribution in [1.82, 2.24) is 9.13 Å². The summed E-state index contributed by atoms with van der Waals surface area (Å²) in [6, 6.07) is 45.3. The fourth-order valence-electron chi connectivity index (χ4n) is 7.94. The highest BCUT2D eigenvalue weighted by molar-refractivity contribution is 6.09. The van der Waals surface area contributed by atoms with Gasteiger partial charge in [-0.3, -0.25) is 0 Å². The van der Waals surface area contributed by atoms with Crippen LogP contribution in [0.5, 0.6) is 0 Å². The van der Waals surface area contributed by atoms with E-state index in [1.54, 1.807) is 0 Å². The monoisotopic (exact) mass is 614 g/mol. The Bertz CT molecular complexity index is 2570. The average molecular weight is 615 g/mol. The predicted octanol–water partition coefficient (Wildman–Crippen LogP) is 10.6. The van der Waals surface area contributed by atoms with Gasteiger partial charge in [0.1, 0.15) is 6.07 Å².